The van der Waals surface area contributed by atoms with Gasteiger partial charge in [0.1, 0.15) is 12.7 Å². The Bertz CT molecular complexity index is 1430. The van der Waals surface area contributed by atoms with Crippen LogP contribution in [0.15, 0.2) is 42.6 Å². The van der Waals surface area contributed by atoms with Gasteiger partial charge in [-0.2, -0.15) is 5.26 Å². The fraction of sp³-hybridized carbons (Fsp3) is 0.423. The van der Waals surface area contributed by atoms with E-state index in [-0.39, 0.29) is 6.61 Å². The van der Waals surface area contributed by atoms with Crippen LogP contribution in [0, 0.1) is 29.1 Å². The van der Waals surface area contributed by atoms with E-state index in [1.54, 1.807) is 12.1 Å². The van der Waals surface area contributed by atoms with E-state index in [1.807, 2.05) is 16.8 Å². The average molecular weight is 548 g/mol. The maximum Gasteiger partial charge on any atom is 0.208 e. The third-order valence-corrected chi connectivity index (χ3v) is 8.59. The smallest absolute Gasteiger partial charge is 0.208 e. The van der Waals surface area contributed by atoms with Crippen LogP contribution in [0.2, 0.25) is 5.02 Å². The second-order valence-corrected chi connectivity index (χ2v) is 12.3. The summed E-state index contributed by atoms with van der Waals surface area (Å²) in [5.74, 6) is 2.19. The number of sulfonamides is 1. The largest absolute Gasteiger partial charge is 0.489 e. The number of nitrogens with one attached hydrogen (secondary N) is 2. The molecule has 0 saturated heterocycles. The van der Waals surface area contributed by atoms with Gasteiger partial charge in [0, 0.05) is 35.5 Å². The normalized spacial score (nSPS) is 23.2. The Morgan fingerprint density at radius 3 is 2.69 bits per heavy atom. The highest BCUT2D eigenvalue weighted by atomic mass is 35.5. The average Bonchev–Trinajstić information content (AvgIpc) is 3.32. The Morgan fingerprint density at radius 1 is 1.19 bits per heavy atom. The van der Waals surface area contributed by atoms with Crippen molar-refractivity contribution in [3.63, 3.8) is 0 Å². The SMILES string of the molecule is CS(=O)(=O)NCC1C[C@H](Nc2ccc3c(ccn3-c3cc(Cl)c(OCCCl)c(C#N)c3)c2)C2CCC12. The van der Waals surface area contributed by atoms with Gasteiger partial charge in [0.25, 0.3) is 0 Å². The van der Waals surface area contributed by atoms with Crippen molar-refractivity contribution in [3.8, 4) is 17.5 Å². The first-order chi connectivity index (χ1) is 17.3. The van der Waals surface area contributed by atoms with Gasteiger partial charge in [0.2, 0.25) is 10.0 Å². The quantitative estimate of drug-likeness (QED) is 0.362. The number of nitriles is 1. The summed E-state index contributed by atoms with van der Waals surface area (Å²) >= 11 is 12.2. The number of halogens is 2. The first-order valence-corrected chi connectivity index (χ1v) is 14.8. The molecule has 10 heteroatoms. The highest BCUT2D eigenvalue weighted by Crippen LogP contribution is 2.51. The van der Waals surface area contributed by atoms with Gasteiger partial charge in [-0.1, -0.05) is 11.6 Å². The summed E-state index contributed by atoms with van der Waals surface area (Å²) in [6.07, 6.45) is 6.50. The number of ether oxygens (including phenoxy) is 1. The van der Waals surface area contributed by atoms with E-state index in [2.05, 4.69) is 34.3 Å². The number of rotatable bonds is 9. The molecule has 3 unspecified atom stereocenters. The predicted octanol–water partition coefficient (Wildman–Crippen LogP) is 5.15. The molecule has 3 aromatic rings. The minimum absolute atomic E-state index is 0.273. The van der Waals surface area contributed by atoms with Crippen LogP contribution in [0.4, 0.5) is 5.69 Å². The molecule has 190 valence electrons. The fourth-order valence-electron chi connectivity index (χ4n) is 5.73. The monoisotopic (exact) mass is 546 g/mol. The number of hydrogen-bond donors (Lipinski definition) is 2. The Labute approximate surface area is 221 Å². The van der Waals surface area contributed by atoms with Crippen molar-refractivity contribution in [3.05, 3.63) is 53.2 Å². The standard InChI is InChI=1S/C26H28Cl2N4O3S/c1-36(33,34)30-15-18-12-24(22-4-3-21(18)22)31-19-2-5-25-16(10-19)6-8-32(25)20-11-17(14-29)26(23(28)13-20)35-9-7-27/h2,5-6,8,10-11,13,18,21-22,24,30-31H,3-4,7,9,12,15H2,1H3/t18?,21?,22?,24-/m0/s1. The molecule has 2 aliphatic carbocycles. The molecule has 2 N–H and O–H groups in total. The van der Waals surface area contributed by atoms with Gasteiger partial charge in [-0.25, -0.2) is 13.1 Å². The number of fused-ring (bicyclic) bond motifs is 2. The molecule has 36 heavy (non-hydrogen) atoms. The van der Waals surface area contributed by atoms with E-state index in [0.717, 1.165) is 28.7 Å². The summed E-state index contributed by atoms with van der Waals surface area (Å²) in [7, 11) is -3.17. The molecule has 2 saturated carbocycles. The van der Waals surface area contributed by atoms with Gasteiger partial charge in [0.15, 0.2) is 5.75 Å². The van der Waals surface area contributed by atoms with Crippen molar-refractivity contribution in [2.45, 2.75) is 25.3 Å². The molecule has 1 aromatic heterocycles. The van der Waals surface area contributed by atoms with E-state index in [4.69, 9.17) is 27.9 Å². The third-order valence-electron chi connectivity index (χ3n) is 7.46. The predicted molar refractivity (Wildman–Crippen MR) is 144 cm³/mol. The Balaban J connectivity index is 1.35. The summed E-state index contributed by atoms with van der Waals surface area (Å²) in [5.41, 5.74) is 3.19. The lowest BCUT2D eigenvalue weighted by molar-refractivity contribution is 0.167. The van der Waals surface area contributed by atoms with Crippen LogP contribution < -0.4 is 14.8 Å². The molecular weight excluding hydrogens is 519 g/mol. The van der Waals surface area contributed by atoms with Crippen LogP contribution in [-0.4, -0.2) is 44.3 Å². The van der Waals surface area contributed by atoms with Crippen LogP contribution in [0.25, 0.3) is 16.6 Å². The van der Waals surface area contributed by atoms with Gasteiger partial charge in [0.05, 0.1) is 28.2 Å². The zero-order chi connectivity index (χ0) is 25.4. The van der Waals surface area contributed by atoms with Gasteiger partial charge >= 0.3 is 0 Å². The topological polar surface area (TPSA) is 96.2 Å². The number of nitrogens with zero attached hydrogens (tertiary/aromatic N) is 2. The Kier molecular flexibility index (Phi) is 7.10. The molecule has 0 amide bonds. The third kappa shape index (κ3) is 5.03. The maximum absolute atomic E-state index is 11.5. The summed E-state index contributed by atoms with van der Waals surface area (Å²) < 4.78 is 33.4. The van der Waals surface area contributed by atoms with Gasteiger partial charge in [-0.15, -0.1) is 11.6 Å². The van der Waals surface area contributed by atoms with Crippen molar-refractivity contribution >= 4 is 49.8 Å². The maximum atomic E-state index is 11.5. The summed E-state index contributed by atoms with van der Waals surface area (Å²) in [6.45, 7) is 0.790. The van der Waals surface area contributed by atoms with E-state index in [0.29, 0.717) is 52.6 Å². The number of aromatic nitrogens is 1. The minimum Gasteiger partial charge on any atom is -0.489 e. The second kappa shape index (κ2) is 10.1. The van der Waals surface area contributed by atoms with E-state index >= 15 is 0 Å². The molecule has 4 atom stereocenters. The van der Waals surface area contributed by atoms with Gasteiger partial charge < -0.3 is 14.6 Å². The molecule has 0 aliphatic heterocycles. The van der Waals surface area contributed by atoms with E-state index < -0.39 is 10.0 Å². The Hall–Kier alpha value is -2.44. The molecule has 7 nitrogen and oxygen atoms in total. The molecule has 5 rings (SSSR count). The molecule has 2 fully saturated rings. The molecule has 0 bridgehead atoms. The van der Waals surface area contributed by atoms with E-state index in [9.17, 15) is 13.7 Å². The van der Waals surface area contributed by atoms with Crippen molar-refractivity contribution < 1.29 is 13.2 Å². The van der Waals surface area contributed by atoms with Crippen molar-refractivity contribution in [1.29, 1.82) is 5.26 Å². The number of benzene rings is 2. The van der Waals surface area contributed by atoms with Crippen LogP contribution >= 0.6 is 23.2 Å². The van der Waals surface area contributed by atoms with Crippen LogP contribution in [-0.2, 0) is 10.0 Å². The zero-order valence-corrected chi connectivity index (χ0v) is 22.2. The molecule has 2 aromatic carbocycles. The number of anilines is 1. The summed E-state index contributed by atoms with van der Waals surface area (Å²) in [4.78, 5) is 0. The lowest BCUT2D eigenvalue weighted by Crippen LogP contribution is -2.36. The summed E-state index contributed by atoms with van der Waals surface area (Å²) in [6, 6.07) is 14.4. The van der Waals surface area contributed by atoms with Crippen LogP contribution in [0.5, 0.6) is 5.75 Å². The number of hydrogen-bond acceptors (Lipinski definition) is 5. The second-order valence-electron chi connectivity index (χ2n) is 9.69. The highest BCUT2D eigenvalue weighted by Gasteiger charge is 2.48. The van der Waals surface area contributed by atoms with E-state index in [1.165, 1.54) is 19.1 Å². The lowest BCUT2D eigenvalue weighted by Gasteiger charge is -2.36. The first-order valence-electron chi connectivity index (χ1n) is 12.0. The van der Waals surface area contributed by atoms with Crippen molar-refractivity contribution in [1.82, 2.24) is 9.29 Å². The van der Waals surface area contributed by atoms with Gasteiger partial charge in [-0.3, -0.25) is 0 Å². The van der Waals surface area contributed by atoms with Crippen molar-refractivity contribution in [2.24, 2.45) is 17.8 Å². The van der Waals surface area contributed by atoms with Crippen LogP contribution in [0.3, 0.4) is 0 Å². The van der Waals surface area contributed by atoms with Crippen molar-refractivity contribution in [2.75, 3.05) is 30.6 Å². The summed E-state index contributed by atoms with van der Waals surface area (Å²) in [5, 5.41) is 14.8. The molecular formula is C26H28Cl2N4O3S. The molecule has 0 spiro atoms. The van der Waals surface area contributed by atoms with Crippen LogP contribution in [0.1, 0.15) is 24.8 Å². The molecule has 2 aliphatic rings. The molecule has 1 heterocycles. The number of alkyl halides is 1. The Morgan fingerprint density at radius 2 is 2.00 bits per heavy atom. The molecule has 0 radical (unpaired) electrons. The fourth-order valence-corrected chi connectivity index (χ4v) is 6.59. The highest BCUT2D eigenvalue weighted by molar-refractivity contribution is 7.88. The van der Waals surface area contributed by atoms with Gasteiger partial charge in [-0.05, 0) is 73.4 Å². The zero-order valence-electron chi connectivity index (χ0n) is 19.9. The lowest BCUT2D eigenvalue weighted by atomic mass is 9.72. The first kappa shape index (κ1) is 25.2. The minimum atomic E-state index is -3.17.